The summed E-state index contributed by atoms with van der Waals surface area (Å²) in [6.45, 7) is 10.2. The van der Waals surface area contributed by atoms with Crippen LogP contribution in [0.2, 0.25) is 0 Å². The van der Waals surface area contributed by atoms with Crippen LogP contribution in [-0.2, 0) is 13.0 Å². The third-order valence-electron chi connectivity index (χ3n) is 4.23. The van der Waals surface area contributed by atoms with Gasteiger partial charge in [0.2, 0.25) is 0 Å². The predicted octanol–water partition coefficient (Wildman–Crippen LogP) is 3.56. The van der Waals surface area contributed by atoms with Crippen molar-refractivity contribution in [1.29, 1.82) is 0 Å². The molecule has 2 atom stereocenters. The average Bonchev–Trinajstić information content (AvgIpc) is 2.60. The van der Waals surface area contributed by atoms with Gasteiger partial charge in [-0.2, -0.15) is 0 Å². The van der Waals surface area contributed by atoms with Crippen molar-refractivity contribution in [3.05, 3.63) is 29.6 Å². The van der Waals surface area contributed by atoms with Crippen molar-refractivity contribution < 1.29 is 0 Å². The Labute approximate surface area is 111 Å². The molecule has 1 aliphatic rings. The van der Waals surface area contributed by atoms with Gasteiger partial charge in [-0.3, -0.25) is 4.98 Å². The molecule has 1 heterocycles. The highest BCUT2D eigenvalue weighted by Gasteiger charge is 2.36. The number of pyridine rings is 1. The third-order valence-corrected chi connectivity index (χ3v) is 4.23. The van der Waals surface area contributed by atoms with Crippen LogP contribution in [0, 0.1) is 11.3 Å². The van der Waals surface area contributed by atoms with Gasteiger partial charge in [0.05, 0.1) is 5.69 Å². The molecule has 1 saturated carbocycles. The lowest BCUT2D eigenvalue weighted by atomic mass is 9.91. The van der Waals surface area contributed by atoms with Crippen molar-refractivity contribution in [2.45, 2.75) is 59.5 Å². The van der Waals surface area contributed by atoms with Crippen LogP contribution in [0.15, 0.2) is 18.3 Å². The molecule has 2 rings (SSSR count). The number of aromatic nitrogens is 1. The predicted molar refractivity (Wildman–Crippen MR) is 76.4 cm³/mol. The summed E-state index contributed by atoms with van der Waals surface area (Å²) in [6.07, 6.45) is 5.57. The average molecular weight is 246 g/mol. The minimum Gasteiger partial charge on any atom is -0.308 e. The third kappa shape index (κ3) is 3.11. The van der Waals surface area contributed by atoms with Crippen molar-refractivity contribution in [2.24, 2.45) is 11.3 Å². The maximum Gasteiger partial charge on any atom is 0.0573 e. The molecule has 0 saturated heterocycles. The van der Waals surface area contributed by atoms with E-state index >= 15 is 0 Å². The first-order chi connectivity index (χ1) is 8.52. The first-order valence-electron chi connectivity index (χ1n) is 7.18. The molecule has 18 heavy (non-hydrogen) atoms. The van der Waals surface area contributed by atoms with Gasteiger partial charge in [-0.05, 0) is 42.2 Å². The second-order valence-electron chi connectivity index (χ2n) is 6.50. The number of hydrogen-bond donors (Lipinski definition) is 1. The lowest BCUT2D eigenvalue weighted by molar-refractivity contribution is 0.361. The van der Waals surface area contributed by atoms with Gasteiger partial charge in [0.1, 0.15) is 0 Å². The molecule has 1 aromatic heterocycles. The molecule has 0 amide bonds. The Kier molecular flexibility index (Phi) is 4.06. The summed E-state index contributed by atoms with van der Waals surface area (Å²) in [7, 11) is 0. The van der Waals surface area contributed by atoms with Crippen LogP contribution in [0.5, 0.6) is 0 Å². The van der Waals surface area contributed by atoms with Crippen molar-refractivity contribution in [2.75, 3.05) is 0 Å². The molecular weight excluding hydrogens is 220 g/mol. The molecule has 100 valence electrons. The van der Waals surface area contributed by atoms with E-state index in [-0.39, 0.29) is 0 Å². The lowest BCUT2D eigenvalue weighted by Crippen LogP contribution is -2.31. The molecular formula is C16H26N2. The van der Waals surface area contributed by atoms with Gasteiger partial charge in [0.15, 0.2) is 0 Å². The summed E-state index contributed by atoms with van der Waals surface area (Å²) in [5.41, 5.74) is 3.08. The molecule has 0 aromatic carbocycles. The number of aryl methyl sites for hydroxylation is 1. The fraction of sp³-hybridized carbons (Fsp3) is 0.688. The van der Waals surface area contributed by atoms with E-state index in [1.54, 1.807) is 0 Å². The van der Waals surface area contributed by atoms with Crippen molar-refractivity contribution in [1.82, 2.24) is 10.3 Å². The van der Waals surface area contributed by atoms with E-state index in [1.165, 1.54) is 24.1 Å². The van der Waals surface area contributed by atoms with E-state index in [4.69, 9.17) is 0 Å². The van der Waals surface area contributed by atoms with Crippen molar-refractivity contribution in [3.8, 4) is 0 Å². The Hall–Kier alpha value is -0.890. The zero-order valence-corrected chi connectivity index (χ0v) is 12.2. The summed E-state index contributed by atoms with van der Waals surface area (Å²) in [6, 6.07) is 4.86. The first kappa shape index (κ1) is 13.5. The van der Waals surface area contributed by atoms with Crippen LogP contribution in [-0.4, -0.2) is 11.0 Å². The molecule has 0 radical (unpaired) electrons. The molecule has 0 bridgehead atoms. The largest absolute Gasteiger partial charge is 0.308 e. The van der Waals surface area contributed by atoms with Crippen LogP contribution in [0.4, 0.5) is 0 Å². The van der Waals surface area contributed by atoms with Crippen LogP contribution in [0.1, 0.15) is 51.8 Å². The van der Waals surface area contributed by atoms with Crippen LogP contribution in [0.3, 0.4) is 0 Å². The zero-order chi connectivity index (χ0) is 13.2. The smallest absolute Gasteiger partial charge is 0.0573 e. The van der Waals surface area contributed by atoms with Gasteiger partial charge < -0.3 is 5.32 Å². The van der Waals surface area contributed by atoms with Crippen molar-refractivity contribution in [3.63, 3.8) is 0 Å². The SMILES string of the molecule is CCc1cccnc1CNC1CC(C)(C)CC1C. The Morgan fingerprint density at radius 2 is 2.17 bits per heavy atom. The highest BCUT2D eigenvalue weighted by Crippen LogP contribution is 2.40. The number of rotatable bonds is 4. The number of hydrogen-bond acceptors (Lipinski definition) is 2. The standard InChI is InChI=1S/C16H26N2/c1-5-13-7-6-8-17-15(13)11-18-14-10-16(3,4)9-12(14)2/h6-8,12,14,18H,5,9-11H2,1-4H3. The van der Waals surface area contributed by atoms with Gasteiger partial charge >= 0.3 is 0 Å². The maximum atomic E-state index is 4.51. The Morgan fingerprint density at radius 3 is 2.78 bits per heavy atom. The highest BCUT2D eigenvalue weighted by atomic mass is 14.9. The van der Waals surface area contributed by atoms with Gasteiger partial charge in [-0.25, -0.2) is 0 Å². The van der Waals surface area contributed by atoms with Gasteiger partial charge in [0.25, 0.3) is 0 Å². The Bertz CT molecular complexity index is 398. The summed E-state index contributed by atoms with van der Waals surface area (Å²) < 4.78 is 0. The molecule has 0 spiro atoms. The number of nitrogens with zero attached hydrogens (tertiary/aromatic N) is 1. The fourth-order valence-electron chi connectivity index (χ4n) is 3.35. The van der Waals surface area contributed by atoms with E-state index in [1.807, 2.05) is 12.3 Å². The first-order valence-corrected chi connectivity index (χ1v) is 7.18. The summed E-state index contributed by atoms with van der Waals surface area (Å²) in [5, 5.41) is 3.72. The maximum absolute atomic E-state index is 4.51. The van der Waals surface area contributed by atoms with Crippen molar-refractivity contribution >= 4 is 0 Å². The molecule has 1 aromatic rings. The second kappa shape index (κ2) is 5.40. The minimum atomic E-state index is 0.495. The molecule has 1 aliphatic carbocycles. The summed E-state index contributed by atoms with van der Waals surface area (Å²) in [4.78, 5) is 4.51. The van der Waals surface area contributed by atoms with Gasteiger partial charge in [-0.15, -0.1) is 0 Å². The van der Waals surface area contributed by atoms with E-state index < -0.39 is 0 Å². The summed E-state index contributed by atoms with van der Waals surface area (Å²) in [5.74, 6) is 0.772. The monoisotopic (exact) mass is 246 g/mol. The molecule has 2 unspecified atom stereocenters. The van der Waals surface area contributed by atoms with Gasteiger partial charge in [0, 0.05) is 18.8 Å². The molecule has 1 fully saturated rings. The normalized spacial score (nSPS) is 26.4. The molecule has 1 N–H and O–H groups in total. The Morgan fingerprint density at radius 1 is 1.39 bits per heavy atom. The number of nitrogens with one attached hydrogen (secondary N) is 1. The van der Waals surface area contributed by atoms with E-state index in [0.717, 1.165) is 18.9 Å². The molecule has 2 heteroatoms. The highest BCUT2D eigenvalue weighted by molar-refractivity contribution is 5.19. The Balaban J connectivity index is 1.96. The fourth-order valence-corrected chi connectivity index (χ4v) is 3.35. The lowest BCUT2D eigenvalue weighted by Gasteiger charge is -2.19. The molecule has 0 aliphatic heterocycles. The van der Waals surface area contributed by atoms with Gasteiger partial charge in [-0.1, -0.05) is 33.8 Å². The molecule has 2 nitrogen and oxygen atoms in total. The van der Waals surface area contributed by atoms with E-state index in [2.05, 4.69) is 44.1 Å². The quantitative estimate of drug-likeness (QED) is 0.878. The summed E-state index contributed by atoms with van der Waals surface area (Å²) >= 11 is 0. The zero-order valence-electron chi connectivity index (χ0n) is 12.2. The van der Waals surface area contributed by atoms with E-state index in [9.17, 15) is 0 Å². The topological polar surface area (TPSA) is 24.9 Å². The van der Waals surface area contributed by atoms with Crippen LogP contribution in [0.25, 0.3) is 0 Å². The van der Waals surface area contributed by atoms with Crippen LogP contribution < -0.4 is 5.32 Å². The second-order valence-corrected chi connectivity index (χ2v) is 6.50. The van der Waals surface area contributed by atoms with E-state index in [0.29, 0.717) is 11.5 Å². The minimum absolute atomic E-state index is 0.495. The van der Waals surface area contributed by atoms with Crippen LogP contribution >= 0.6 is 0 Å².